The fraction of sp³-hybridized carbons (Fsp3) is 0.182. The molecule has 0 unspecified atom stereocenters. The molecule has 0 fully saturated rings. The first kappa shape index (κ1) is 40.4. The van der Waals surface area contributed by atoms with E-state index in [0.717, 1.165) is 0 Å². The molecule has 16 bridgehead atoms. The number of rotatable bonds is 0. The molecule has 6 aromatic rings. The van der Waals surface area contributed by atoms with Crippen LogP contribution >= 0.6 is 0 Å². The van der Waals surface area contributed by atoms with Crippen molar-refractivity contribution in [3.05, 3.63) is 190 Å². The molecule has 0 saturated heterocycles. The molecule has 0 aromatic heterocycles. The Morgan fingerprint density at radius 2 is 0.417 bits per heavy atom. The zero-order valence-corrected chi connectivity index (χ0v) is 35.5. The molecule has 9 rings (SSSR count). The Labute approximate surface area is 351 Å². The van der Waals surface area contributed by atoms with Gasteiger partial charge < -0.3 is 0 Å². The van der Waals surface area contributed by atoms with E-state index in [-0.39, 0.29) is 71.9 Å². The van der Waals surface area contributed by atoms with Gasteiger partial charge in [-0.15, -0.1) is 0 Å². The lowest BCUT2D eigenvalue weighted by Crippen LogP contribution is -2.34. The monoisotopic (exact) mass is 880 g/mol. The lowest BCUT2D eigenvalue weighted by atomic mass is 10.1. The van der Waals surface area contributed by atoms with Gasteiger partial charge in [-0.1, -0.05) is 109 Å². The Bertz CT molecular complexity index is 2630. The van der Waals surface area contributed by atoms with Gasteiger partial charge in [0.2, 0.25) is 40.1 Å². The van der Waals surface area contributed by atoms with Crippen molar-refractivity contribution >= 4 is 40.1 Å². The van der Waals surface area contributed by atoms with Gasteiger partial charge in [-0.05, 0) is 80.9 Å². The maximum Gasteiger partial charge on any atom is 0.243 e. The summed E-state index contributed by atoms with van der Waals surface area (Å²) in [5.74, 6) is 0. The third-order valence-corrected chi connectivity index (χ3v) is 18.1. The van der Waals surface area contributed by atoms with Crippen LogP contribution in [0.25, 0.3) is 0 Å². The topological polar surface area (TPSA) is 150 Å². The molecule has 0 radical (unpaired) electrons. The van der Waals surface area contributed by atoms with Crippen LogP contribution in [0.4, 0.5) is 0 Å². The molecule has 3 heterocycles. The standard InChI is InChI=1S/C44H40N4O8S4/c49-57(50)41-15-5-17-43(23-41)59(53,54)47-29-37-11-3-12-38(21-37)30-48(32-40-14-4-13-39(22-40)31-47)60(55,56)44-18-6-16-42(24-44)58(51,52)46-26-34-8-1-7-33(19-34)25-45(57)27-35-9-2-10-36(20-35)28-46/h1-24H,25-32H2. The van der Waals surface area contributed by atoms with Crippen molar-refractivity contribution in [2.75, 3.05) is 0 Å². The van der Waals surface area contributed by atoms with Crippen LogP contribution in [-0.2, 0) is 92.5 Å². The van der Waals surface area contributed by atoms with Crippen LogP contribution in [0.2, 0.25) is 0 Å². The second-order valence-electron chi connectivity index (χ2n) is 15.3. The minimum absolute atomic E-state index is 0.0979. The van der Waals surface area contributed by atoms with Crippen LogP contribution in [0.5, 0.6) is 0 Å². The van der Waals surface area contributed by atoms with Crippen LogP contribution in [-0.4, -0.2) is 50.9 Å². The van der Waals surface area contributed by atoms with Gasteiger partial charge in [-0.2, -0.15) is 17.2 Å². The summed E-state index contributed by atoms with van der Waals surface area (Å²) < 4.78 is 123. The smallest absolute Gasteiger partial charge is 0.207 e. The Kier molecular flexibility index (Phi) is 10.4. The van der Waals surface area contributed by atoms with Gasteiger partial charge in [0.1, 0.15) is 0 Å². The van der Waals surface area contributed by atoms with Crippen molar-refractivity contribution in [1.29, 1.82) is 0 Å². The minimum Gasteiger partial charge on any atom is -0.207 e. The summed E-state index contributed by atoms with van der Waals surface area (Å²) in [6.07, 6.45) is 0. The molecule has 6 aromatic carbocycles. The van der Waals surface area contributed by atoms with Crippen molar-refractivity contribution in [3.8, 4) is 0 Å². The van der Waals surface area contributed by atoms with E-state index in [1.54, 1.807) is 97.1 Å². The van der Waals surface area contributed by atoms with Crippen LogP contribution in [0.3, 0.4) is 0 Å². The van der Waals surface area contributed by atoms with Crippen molar-refractivity contribution in [1.82, 2.24) is 17.2 Å². The fourth-order valence-electron chi connectivity index (χ4n) is 8.02. The van der Waals surface area contributed by atoms with Crippen molar-refractivity contribution in [3.63, 3.8) is 0 Å². The summed E-state index contributed by atoms with van der Waals surface area (Å²) in [6, 6.07) is 38.8. The second kappa shape index (κ2) is 15.5. The van der Waals surface area contributed by atoms with Crippen molar-refractivity contribution in [2.24, 2.45) is 0 Å². The molecule has 60 heavy (non-hydrogen) atoms. The summed E-state index contributed by atoms with van der Waals surface area (Å²) in [4.78, 5) is -0.790. The van der Waals surface area contributed by atoms with Gasteiger partial charge in [-0.25, -0.2) is 33.7 Å². The third kappa shape index (κ3) is 7.85. The Hall–Kier alpha value is -5.04. The van der Waals surface area contributed by atoms with Gasteiger partial charge in [0.05, 0.1) is 19.6 Å². The average molecular weight is 881 g/mol. The average Bonchev–Trinajstić information content (AvgIpc) is 3.22. The van der Waals surface area contributed by atoms with E-state index >= 15 is 0 Å². The zero-order chi connectivity index (χ0) is 41.9. The first-order valence-corrected chi connectivity index (χ1v) is 24.9. The highest BCUT2D eigenvalue weighted by Crippen LogP contribution is 2.32. The number of hydrogen-bond donors (Lipinski definition) is 0. The van der Waals surface area contributed by atoms with Gasteiger partial charge in [0.15, 0.2) is 0 Å². The first-order chi connectivity index (χ1) is 28.6. The largest absolute Gasteiger partial charge is 0.243 e. The lowest BCUT2D eigenvalue weighted by molar-refractivity contribution is 0.389. The molecule has 3 aliphatic heterocycles. The Balaban J connectivity index is 1.28. The summed E-state index contributed by atoms with van der Waals surface area (Å²) in [7, 11) is -17.3. The van der Waals surface area contributed by atoms with E-state index in [0.29, 0.717) is 44.5 Å². The van der Waals surface area contributed by atoms with Crippen molar-refractivity contribution in [2.45, 2.75) is 71.9 Å². The fourth-order valence-corrected chi connectivity index (χ4v) is 14.0. The van der Waals surface area contributed by atoms with Crippen LogP contribution < -0.4 is 0 Å². The quantitative estimate of drug-likeness (QED) is 0.175. The Morgan fingerprint density at radius 3 is 0.600 bits per heavy atom. The van der Waals surface area contributed by atoms with Crippen LogP contribution in [0.15, 0.2) is 165 Å². The normalized spacial score (nSPS) is 23.9. The lowest BCUT2D eigenvalue weighted by Gasteiger charge is -2.28. The van der Waals surface area contributed by atoms with E-state index in [9.17, 15) is 33.7 Å². The molecule has 0 N–H and O–H groups in total. The predicted octanol–water partition coefficient (Wildman–Crippen LogP) is 6.19. The molecule has 308 valence electrons. The van der Waals surface area contributed by atoms with E-state index < -0.39 is 40.1 Å². The predicted molar refractivity (Wildman–Crippen MR) is 224 cm³/mol. The van der Waals surface area contributed by atoms with Gasteiger partial charge in [0.25, 0.3) is 0 Å². The highest BCUT2D eigenvalue weighted by Gasteiger charge is 2.33. The maximum atomic E-state index is 14.7. The number of benzene rings is 6. The molecule has 16 heteroatoms. The van der Waals surface area contributed by atoms with Crippen LogP contribution in [0.1, 0.15) is 44.5 Å². The van der Waals surface area contributed by atoms with E-state index in [2.05, 4.69) is 0 Å². The minimum atomic E-state index is -4.33. The summed E-state index contributed by atoms with van der Waals surface area (Å²) in [6.45, 7) is -0.783. The number of nitrogens with zero attached hydrogens (tertiary/aromatic N) is 4. The van der Waals surface area contributed by atoms with Crippen LogP contribution in [0, 0.1) is 0 Å². The summed E-state index contributed by atoms with van der Waals surface area (Å²) in [5, 5.41) is 0. The highest BCUT2D eigenvalue weighted by atomic mass is 32.2. The first-order valence-electron chi connectivity index (χ1n) is 19.2. The third-order valence-electron chi connectivity index (χ3n) is 11.0. The van der Waals surface area contributed by atoms with E-state index in [4.69, 9.17) is 0 Å². The molecular formula is C44H40N4O8S4. The molecule has 0 spiro atoms. The second-order valence-corrected chi connectivity index (χ2v) is 23.1. The van der Waals surface area contributed by atoms with Crippen molar-refractivity contribution < 1.29 is 33.7 Å². The van der Waals surface area contributed by atoms with Gasteiger partial charge in [0, 0.05) is 52.4 Å². The number of hydrogen-bond acceptors (Lipinski definition) is 8. The molecule has 0 saturated carbocycles. The van der Waals surface area contributed by atoms with E-state index in [1.165, 1.54) is 65.8 Å². The zero-order valence-electron chi connectivity index (χ0n) is 32.2. The van der Waals surface area contributed by atoms with Gasteiger partial charge >= 0.3 is 0 Å². The molecular weight excluding hydrogens is 841 g/mol. The highest BCUT2D eigenvalue weighted by molar-refractivity contribution is 7.90. The van der Waals surface area contributed by atoms with Gasteiger partial charge in [-0.3, -0.25) is 0 Å². The molecule has 12 nitrogen and oxygen atoms in total. The SMILES string of the molecule is O=S1(=O)c2cccc(c2)S(=O)(=O)N2Cc3cccc(c3)CN(Cc3cccc(c3)C2)S(=O)(=O)c2cccc(c2)S(=O)(=O)N2Cc3cccc(c3)CN1Cc1cccc(c1)C2. The Morgan fingerprint density at radius 1 is 0.250 bits per heavy atom. The molecule has 0 atom stereocenters. The molecule has 3 aliphatic rings. The summed E-state index contributed by atoms with van der Waals surface area (Å²) in [5.41, 5.74) is 4.68. The van der Waals surface area contributed by atoms with E-state index in [1.807, 2.05) is 0 Å². The maximum absolute atomic E-state index is 14.7. The number of sulfonamides is 4. The number of fused-ring (bicyclic) bond motifs is 12. The summed E-state index contributed by atoms with van der Waals surface area (Å²) >= 11 is 0. The molecule has 0 amide bonds. The molecule has 0 aliphatic carbocycles.